The third-order valence-corrected chi connectivity index (χ3v) is 5.19. The van der Waals surface area contributed by atoms with Crippen LogP contribution in [-0.2, 0) is 13.4 Å². The first-order chi connectivity index (χ1) is 16.9. The minimum Gasteiger partial charge on any atom is -0.466 e. The monoisotopic (exact) mass is 404 g/mol. The predicted molar refractivity (Wildman–Crippen MR) is 124 cm³/mol. The zero-order chi connectivity index (χ0) is 27.8. The second-order valence-corrected chi connectivity index (χ2v) is 8.68. The molecule has 0 aliphatic carbocycles. The summed E-state index contributed by atoms with van der Waals surface area (Å²) in [7, 11) is 1.70. The Kier molecular flexibility index (Phi) is 3.08. The van der Waals surface area contributed by atoms with Crippen LogP contribution in [0.1, 0.15) is 52.8 Å². The Morgan fingerprint density at radius 2 is 1.97 bits per heavy atom. The van der Waals surface area contributed by atoms with Crippen LogP contribution in [0.5, 0.6) is 0 Å². The molecule has 0 atom stereocenters. The minimum absolute atomic E-state index is 0.0315. The molecule has 0 saturated carbocycles. The van der Waals surface area contributed by atoms with Crippen molar-refractivity contribution in [3.8, 4) is 11.3 Å². The van der Waals surface area contributed by atoms with Crippen LogP contribution in [0.3, 0.4) is 0 Å². The Balaban J connectivity index is 2.29. The summed E-state index contributed by atoms with van der Waals surface area (Å²) < 4.78 is 68.1. The van der Waals surface area contributed by atoms with Crippen LogP contribution >= 0.6 is 0 Å². The Bertz CT molecular complexity index is 1630. The van der Waals surface area contributed by atoms with E-state index in [9.17, 15) is 1.37 Å². The smallest absolute Gasteiger partial charge is 0.229 e. The number of rotatable bonds is 2. The summed E-state index contributed by atoms with van der Waals surface area (Å²) in [6.45, 7) is 13.7. The largest absolute Gasteiger partial charge is 0.466 e. The first kappa shape index (κ1) is 13.2. The van der Waals surface area contributed by atoms with Crippen molar-refractivity contribution in [3.05, 3.63) is 70.2 Å². The first-order valence-electron chi connectivity index (χ1n) is 13.3. The fraction of sp³-hybridized carbons (Fsp3) is 0.333. The maximum absolute atomic E-state index is 9.18. The van der Waals surface area contributed by atoms with Gasteiger partial charge in [0.2, 0.25) is 11.4 Å². The molecule has 0 fully saturated rings. The Morgan fingerprint density at radius 3 is 2.63 bits per heavy atom. The molecule has 0 aliphatic rings. The van der Waals surface area contributed by atoms with Gasteiger partial charge in [0.05, 0.1) is 14.9 Å². The number of para-hydroxylation sites is 1. The summed E-state index contributed by atoms with van der Waals surface area (Å²) >= 11 is 0. The molecule has 0 amide bonds. The maximum Gasteiger partial charge on any atom is 0.229 e. The summed E-state index contributed by atoms with van der Waals surface area (Å²) in [5, 5.41) is 0.831. The highest BCUT2D eigenvalue weighted by Crippen LogP contribution is 2.42. The van der Waals surface area contributed by atoms with Gasteiger partial charge >= 0.3 is 0 Å². The molecule has 0 unspecified atom stereocenters. The zero-order valence-electron chi connectivity index (χ0n) is 25.1. The molecule has 0 spiro atoms. The van der Waals surface area contributed by atoms with Crippen molar-refractivity contribution in [2.45, 2.75) is 47.8 Å². The normalized spacial score (nSPS) is 16.2. The average molecular weight is 405 g/mol. The van der Waals surface area contributed by atoms with Crippen molar-refractivity contribution in [1.29, 1.82) is 0 Å². The Morgan fingerprint density at radius 1 is 1.20 bits per heavy atom. The molecule has 0 N–H and O–H groups in total. The maximum atomic E-state index is 9.18. The standard InChI is InChI=1S/C27H29N2O/c1-16-12-17(2)24(22-14-19(15-27(4,5)6)13-18(3)29(22)8)26-23(16)20-10-9-11-21(28-7)25(20)30-26/h9-14H,15H2,1-6,8H3/q+1/i1D3,13D,14D,15D2. The molecule has 0 aliphatic heterocycles. The van der Waals surface area contributed by atoms with Gasteiger partial charge in [0.1, 0.15) is 18.2 Å². The van der Waals surface area contributed by atoms with Crippen molar-refractivity contribution in [1.82, 2.24) is 0 Å². The summed E-state index contributed by atoms with van der Waals surface area (Å²) in [6.07, 6.45) is -2.01. The molecule has 3 nitrogen and oxygen atoms in total. The molecular weight excluding hydrogens is 368 g/mol. The number of fused-ring (bicyclic) bond motifs is 3. The van der Waals surface area contributed by atoms with Gasteiger partial charge < -0.3 is 4.42 Å². The third kappa shape index (κ3) is 3.27. The highest BCUT2D eigenvalue weighted by Gasteiger charge is 2.25. The molecule has 2 heterocycles. The fourth-order valence-electron chi connectivity index (χ4n) is 3.80. The van der Waals surface area contributed by atoms with Gasteiger partial charge in [-0.1, -0.05) is 45.0 Å². The zero-order valence-corrected chi connectivity index (χ0v) is 18.1. The van der Waals surface area contributed by atoms with Crippen molar-refractivity contribution in [2.24, 2.45) is 12.5 Å². The van der Waals surface area contributed by atoms with Crippen molar-refractivity contribution >= 4 is 27.6 Å². The summed E-state index contributed by atoms with van der Waals surface area (Å²) in [4.78, 5) is 3.54. The number of aromatic nitrogens is 1. The summed E-state index contributed by atoms with van der Waals surface area (Å²) in [6, 6.07) is 6.35. The third-order valence-electron chi connectivity index (χ3n) is 5.19. The van der Waals surface area contributed by atoms with Gasteiger partial charge in [0.25, 0.3) is 0 Å². The van der Waals surface area contributed by atoms with Crippen LogP contribution < -0.4 is 4.57 Å². The number of pyridine rings is 1. The molecule has 0 radical (unpaired) electrons. The van der Waals surface area contributed by atoms with E-state index in [1.54, 1.807) is 70.5 Å². The molecule has 30 heavy (non-hydrogen) atoms. The lowest BCUT2D eigenvalue weighted by Gasteiger charge is -2.19. The Labute approximate surface area is 188 Å². The van der Waals surface area contributed by atoms with Crippen LogP contribution in [-0.4, -0.2) is 0 Å². The highest BCUT2D eigenvalue weighted by atomic mass is 16.3. The van der Waals surface area contributed by atoms with E-state index in [1.165, 1.54) is 0 Å². The van der Waals surface area contributed by atoms with Gasteiger partial charge in [0, 0.05) is 36.6 Å². The van der Waals surface area contributed by atoms with E-state index in [4.69, 9.17) is 19.2 Å². The quantitative estimate of drug-likeness (QED) is 0.257. The molecular formula is C27H29N2O+. The number of hydrogen-bond acceptors (Lipinski definition) is 1. The Hall–Kier alpha value is -3.12. The van der Waals surface area contributed by atoms with Gasteiger partial charge in [-0.3, -0.25) is 0 Å². The van der Waals surface area contributed by atoms with Crippen molar-refractivity contribution in [3.63, 3.8) is 0 Å². The van der Waals surface area contributed by atoms with Crippen LogP contribution in [0.15, 0.2) is 40.8 Å². The number of benzene rings is 2. The van der Waals surface area contributed by atoms with Gasteiger partial charge in [-0.25, -0.2) is 4.85 Å². The first-order valence-corrected chi connectivity index (χ1v) is 9.82. The van der Waals surface area contributed by atoms with Gasteiger partial charge in [-0.15, -0.1) is 0 Å². The molecule has 3 heteroatoms. The van der Waals surface area contributed by atoms with Gasteiger partial charge in [0.15, 0.2) is 5.69 Å². The van der Waals surface area contributed by atoms with Crippen molar-refractivity contribution in [2.75, 3.05) is 0 Å². The van der Waals surface area contributed by atoms with Crippen LogP contribution in [0.2, 0.25) is 0 Å². The summed E-state index contributed by atoms with van der Waals surface area (Å²) in [5.41, 5.74) is 1.63. The molecule has 2 aromatic carbocycles. The molecule has 4 aromatic rings. The van der Waals surface area contributed by atoms with Crippen molar-refractivity contribution < 1.29 is 18.6 Å². The highest BCUT2D eigenvalue weighted by molar-refractivity contribution is 6.14. The topological polar surface area (TPSA) is 21.4 Å². The van der Waals surface area contributed by atoms with E-state index in [-0.39, 0.29) is 40.1 Å². The van der Waals surface area contributed by atoms with Crippen LogP contribution in [0.25, 0.3) is 38.0 Å². The van der Waals surface area contributed by atoms with E-state index in [1.807, 2.05) is 0 Å². The second-order valence-electron chi connectivity index (χ2n) is 8.68. The average Bonchev–Trinajstić information content (AvgIpc) is 3.16. The number of furan rings is 1. The molecule has 152 valence electrons. The lowest BCUT2D eigenvalue weighted by molar-refractivity contribution is -0.666. The molecule has 0 saturated heterocycles. The molecule has 4 rings (SSSR count). The van der Waals surface area contributed by atoms with E-state index >= 15 is 0 Å². The van der Waals surface area contributed by atoms with E-state index in [2.05, 4.69) is 4.85 Å². The SMILES string of the molecule is [2H]c1c(C([2H])([2H])C(C)(C)C)c([2H])c(-c2c(C)cc(C([2H])([2H])[2H])c3c2oc2c([N+]#[C-])cccc23)[n+](C)c1C. The van der Waals surface area contributed by atoms with E-state index in [0.717, 1.165) is 0 Å². The second kappa shape index (κ2) is 6.99. The minimum atomic E-state index is -2.46. The van der Waals surface area contributed by atoms with Crippen LogP contribution in [0, 0.1) is 32.7 Å². The predicted octanol–water partition coefficient (Wildman–Crippen LogP) is 7.14. The summed E-state index contributed by atoms with van der Waals surface area (Å²) in [5.74, 6) is 0. The van der Waals surface area contributed by atoms with Gasteiger partial charge in [-0.05, 0) is 42.3 Å². The van der Waals surface area contributed by atoms with Gasteiger partial charge in [-0.2, -0.15) is 4.57 Å². The lowest BCUT2D eigenvalue weighted by Crippen LogP contribution is -2.35. The lowest BCUT2D eigenvalue weighted by atomic mass is 9.87. The number of aryl methyl sites for hydroxylation is 2. The van der Waals surface area contributed by atoms with Crippen LogP contribution in [0.4, 0.5) is 5.69 Å². The van der Waals surface area contributed by atoms with E-state index < -0.39 is 18.6 Å². The fourth-order valence-corrected chi connectivity index (χ4v) is 3.80. The molecule has 2 aromatic heterocycles. The molecule has 0 bridgehead atoms. The van der Waals surface area contributed by atoms with E-state index in [0.29, 0.717) is 33.3 Å². The number of nitrogens with zero attached hydrogens (tertiary/aromatic N) is 2. The number of hydrogen-bond donors (Lipinski definition) is 0.